The average molecular weight is 378 g/mol. The second-order valence-electron chi connectivity index (χ2n) is 6.52. The van der Waals surface area contributed by atoms with Crippen LogP contribution < -0.4 is 5.32 Å². The molecule has 28 heavy (non-hydrogen) atoms. The molecule has 1 atom stereocenters. The van der Waals surface area contributed by atoms with Crippen LogP contribution in [-0.4, -0.2) is 16.7 Å². The van der Waals surface area contributed by atoms with E-state index in [-0.39, 0.29) is 11.6 Å². The summed E-state index contributed by atoms with van der Waals surface area (Å²) in [4.78, 5) is 27.5. The van der Waals surface area contributed by atoms with Crippen LogP contribution in [0.15, 0.2) is 72.8 Å². The Balaban J connectivity index is 1.68. The van der Waals surface area contributed by atoms with Gasteiger partial charge in [0.25, 0.3) is 11.8 Å². The van der Waals surface area contributed by atoms with Crippen molar-refractivity contribution in [2.75, 3.05) is 5.32 Å². The van der Waals surface area contributed by atoms with Gasteiger partial charge in [-0.3, -0.25) is 9.59 Å². The number of anilines is 1. The van der Waals surface area contributed by atoms with Gasteiger partial charge in [-0.2, -0.15) is 0 Å². The van der Waals surface area contributed by atoms with Gasteiger partial charge >= 0.3 is 0 Å². The molecule has 3 aromatic rings. The van der Waals surface area contributed by atoms with Crippen LogP contribution in [0.2, 0.25) is 0 Å². The van der Waals surface area contributed by atoms with Gasteiger partial charge in [0.05, 0.1) is 0 Å². The van der Waals surface area contributed by atoms with Crippen molar-refractivity contribution in [3.63, 3.8) is 0 Å². The highest BCUT2D eigenvalue weighted by atomic mass is 19.2. The van der Waals surface area contributed by atoms with Gasteiger partial charge in [-0.15, -0.1) is 0 Å². The Bertz CT molecular complexity index is 1050. The first-order valence-electron chi connectivity index (χ1n) is 8.74. The molecule has 4 nitrogen and oxygen atoms in total. The van der Waals surface area contributed by atoms with Gasteiger partial charge in [-0.1, -0.05) is 48.5 Å². The van der Waals surface area contributed by atoms with Crippen molar-refractivity contribution in [3.8, 4) is 0 Å². The number of nitrogens with zero attached hydrogens (tertiary/aromatic N) is 1. The molecule has 1 aliphatic heterocycles. The van der Waals surface area contributed by atoms with Crippen LogP contribution in [0.3, 0.4) is 0 Å². The van der Waals surface area contributed by atoms with E-state index in [0.29, 0.717) is 17.7 Å². The largest absolute Gasteiger partial charge is 0.324 e. The number of nitrogens with one attached hydrogen (secondary N) is 1. The molecule has 0 spiro atoms. The first-order chi connectivity index (χ1) is 13.5. The summed E-state index contributed by atoms with van der Waals surface area (Å²) in [5.74, 6) is -2.80. The van der Waals surface area contributed by atoms with Crippen molar-refractivity contribution in [1.29, 1.82) is 0 Å². The van der Waals surface area contributed by atoms with Crippen molar-refractivity contribution in [2.24, 2.45) is 0 Å². The lowest BCUT2D eigenvalue weighted by atomic mass is 10.0. The van der Waals surface area contributed by atoms with Crippen LogP contribution in [0.25, 0.3) is 0 Å². The quantitative estimate of drug-likeness (QED) is 0.736. The van der Waals surface area contributed by atoms with Crippen LogP contribution in [0.5, 0.6) is 0 Å². The molecule has 0 saturated carbocycles. The summed E-state index contributed by atoms with van der Waals surface area (Å²) in [6, 6.07) is 18.3. The Morgan fingerprint density at radius 3 is 2.36 bits per heavy atom. The number of halogens is 2. The predicted octanol–water partition coefficient (Wildman–Crippen LogP) is 4.30. The fraction of sp³-hybridized carbons (Fsp3) is 0.0909. The van der Waals surface area contributed by atoms with Crippen molar-refractivity contribution < 1.29 is 18.4 Å². The molecule has 6 heteroatoms. The van der Waals surface area contributed by atoms with Crippen LogP contribution in [-0.2, 0) is 11.3 Å². The standard InChI is InChI=1S/C22H16F2N2O2/c23-18-11-10-16(12-19(18)24)25-21(27)20(14-6-2-1-3-7-14)26-13-15-8-4-5-9-17(15)22(26)28/h1-12,20H,13H2,(H,25,27)/t20-/m1/s1. The number of carbonyl (C=O) groups excluding carboxylic acids is 2. The SMILES string of the molecule is O=C(Nc1ccc(F)c(F)c1)[C@@H](c1ccccc1)N1Cc2ccccc2C1=O. The Kier molecular flexibility index (Phi) is 4.61. The van der Waals surface area contributed by atoms with Crippen LogP contribution in [0.4, 0.5) is 14.5 Å². The normalized spacial score (nSPS) is 13.9. The Labute approximate surface area is 160 Å². The maximum absolute atomic E-state index is 13.5. The van der Waals surface area contributed by atoms with E-state index in [0.717, 1.165) is 17.7 Å². The molecule has 0 bridgehead atoms. The van der Waals surface area contributed by atoms with Gasteiger partial charge in [-0.05, 0) is 29.3 Å². The Morgan fingerprint density at radius 1 is 0.929 bits per heavy atom. The van der Waals surface area contributed by atoms with Gasteiger partial charge in [0.2, 0.25) is 0 Å². The van der Waals surface area contributed by atoms with Gasteiger partial charge in [0, 0.05) is 23.9 Å². The van der Waals surface area contributed by atoms with Gasteiger partial charge in [0.15, 0.2) is 11.6 Å². The minimum absolute atomic E-state index is 0.119. The molecule has 1 aliphatic rings. The topological polar surface area (TPSA) is 49.4 Å². The zero-order chi connectivity index (χ0) is 19.7. The molecular formula is C22H16F2N2O2. The summed E-state index contributed by atoms with van der Waals surface area (Å²) in [5, 5.41) is 2.59. The molecule has 0 fully saturated rings. The average Bonchev–Trinajstić information content (AvgIpc) is 3.02. The summed E-state index contributed by atoms with van der Waals surface area (Å²) in [7, 11) is 0. The minimum Gasteiger partial charge on any atom is -0.324 e. The van der Waals surface area contributed by atoms with Crippen molar-refractivity contribution in [3.05, 3.63) is 101 Å². The van der Waals surface area contributed by atoms with Crippen LogP contribution in [0.1, 0.15) is 27.5 Å². The van der Waals surface area contributed by atoms with Crippen molar-refractivity contribution in [2.45, 2.75) is 12.6 Å². The number of hydrogen-bond donors (Lipinski definition) is 1. The molecule has 3 aromatic carbocycles. The van der Waals surface area contributed by atoms with E-state index in [1.807, 2.05) is 18.2 Å². The van der Waals surface area contributed by atoms with Gasteiger partial charge in [0.1, 0.15) is 6.04 Å². The van der Waals surface area contributed by atoms with Crippen LogP contribution >= 0.6 is 0 Å². The number of carbonyl (C=O) groups is 2. The van der Waals surface area contributed by atoms with E-state index >= 15 is 0 Å². The molecule has 2 amide bonds. The minimum atomic E-state index is -1.06. The smallest absolute Gasteiger partial charge is 0.255 e. The molecule has 0 aromatic heterocycles. The van der Waals surface area contributed by atoms with Crippen LogP contribution in [0, 0.1) is 11.6 Å². The van der Waals surface area contributed by atoms with E-state index in [4.69, 9.17) is 0 Å². The molecule has 0 saturated heterocycles. The summed E-state index contributed by atoms with van der Waals surface area (Å²) < 4.78 is 26.7. The first-order valence-corrected chi connectivity index (χ1v) is 8.74. The molecule has 0 unspecified atom stereocenters. The molecule has 0 aliphatic carbocycles. The highest BCUT2D eigenvalue weighted by molar-refractivity contribution is 6.03. The van der Waals surface area contributed by atoms with E-state index < -0.39 is 23.6 Å². The summed E-state index contributed by atoms with van der Waals surface area (Å²) in [6.45, 7) is 0.291. The first kappa shape index (κ1) is 17.9. The fourth-order valence-corrected chi connectivity index (χ4v) is 3.38. The number of benzene rings is 3. The Morgan fingerprint density at radius 2 is 1.64 bits per heavy atom. The molecule has 1 heterocycles. The van der Waals surface area contributed by atoms with Gasteiger partial charge < -0.3 is 10.2 Å². The lowest BCUT2D eigenvalue weighted by Crippen LogP contribution is -2.37. The summed E-state index contributed by atoms with van der Waals surface area (Å²) in [6.07, 6.45) is 0. The molecular weight excluding hydrogens is 362 g/mol. The number of amides is 2. The predicted molar refractivity (Wildman–Crippen MR) is 100 cm³/mol. The highest BCUT2D eigenvalue weighted by Gasteiger charge is 2.37. The highest BCUT2D eigenvalue weighted by Crippen LogP contribution is 2.32. The van der Waals surface area contributed by atoms with E-state index in [1.165, 1.54) is 11.0 Å². The third kappa shape index (κ3) is 3.24. The zero-order valence-electron chi connectivity index (χ0n) is 14.7. The fourth-order valence-electron chi connectivity index (χ4n) is 3.38. The van der Waals surface area contributed by atoms with E-state index in [2.05, 4.69) is 5.32 Å². The molecule has 140 valence electrons. The second-order valence-corrected chi connectivity index (χ2v) is 6.52. The maximum atomic E-state index is 13.5. The number of rotatable bonds is 4. The Hall–Kier alpha value is -3.54. The second kappa shape index (κ2) is 7.23. The molecule has 4 rings (SSSR count). The van der Waals surface area contributed by atoms with Crippen molar-refractivity contribution >= 4 is 17.5 Å². The maximum Gasteiger partial charge on any atom is 0.255 e. The number of hydrogen-bond acceptors (Lipinski definition) is 2. The zero-order valence-corrected chi connectivity index (χ0v) is 14.7. The lowest BCUT2D eigenvalue weighted by Gasteiger charge is -2.27. The molecule has 1 N–H and O–H groups in total. The van der Waals surface area contributed by atoms with E-state index in [9.17, 15) is 18.4 Å². The van der Waals surface area contributed by atoms with E-state index in [1.54, 1.807) is 36.4 Å². The third-order valence-electron chi connectivity index (χ3n) is 4.71. The number of fused-ring (bicyclic) bond motifs is 1. The molecule has 0 radical (unpaired) electrons. The third-order valence-corrected chi connectivity index (χ3v) is 4.71. The monoisotopic (exact) mass is 378 g/mol. The van der Waals surface area contributed by atoms with Gasteiger partial charge in [-0.25, -0.2) is 8.78 Å². The van der Waals surface area contributed by atoms with Crippen molar-refractivity contribution in [1.82, 2.24) is 4.90 Å². The lowest BCUT2D eigenvalue weighted by molar-refractivity contribution is -0.120. The summed E-state index contributed by atoms with van der Waals surface area (Å²) >= 11 is 0. The summed E-state index contributed by atoms with van der Waals surface area (Å²) in [5.41, 5.74) is 2.15.